The summed E-state index contributed by atoms with van der Waals surface area (Å²) in [6.07, 6.45) is 1.51. The zero-order chi connectivity index (χ0) is 20.1. The molecular formula is C20H16F2N4O2. The summed E-state index contributed by atoms with van der Waals surface area (Å²) in [5.41, 5.74) is 2.04. The van der Waals surface area contributed by atoms with Crippen LogP contribution in [0, 0.1) is 11.6 Å². The van der Waals surface area contributed by atoms with Crippen molar-refractivity contribution in [3.8, 4) is 0 Å². The highest BCUT2D eigenvalue weighted by molar-refractivity contribution is 6.03. The molecule has 0 saturated heterocycles. The minimum Gasteiger partial charge on any atom is -0.354 e. The second-order valence-electron chi connectivity index (χ2n) is 5.90. The molecule has 3 rings (SSSR count). The van der Waals surface area contributed by atoms with E-state index in [1.165, 1.54) is 19.2 Å². The Hall–Kier alpha value is -3.81. The quantitative estimate of drug-likeness (QED) is 0.614. The highest BCUT2D eigenvalue weighted by Crippen LogP contribution is 2.20. The van der Waals surface area contributed by atoms with Crippen LogP contribution in [0.1, 0.15) is 17.3 Å². The Morgan fingerprint density at radius 2 is 1.64 bits per heavy atom. The van der Waals surface area contributed by atoms with Gasteiger partial charge in [-0.25, -0.2) is 13.8 Å². The fourth-order valence-corrected chi connectivity index (χ4v) is 2.41. The SMILES string of the molecule is CC(=O)Nc1cccc(Nc2ccc(NC(=O)c3ccc(F)c(F)c3)nc2)c1. The average Bonchev–Trinajstić information content (AvgIpc) is 2.65. The maximum atomic E-state index is 13.2. The summed E-state index contributed by atoms with van der Waals surface area (Å²) in [6, 6.07) is 13.3. The van der Waals surface area contributed by atoms with E-state index < -0.39 is 17.5 Å². The molecule has 3 aromatic rings. The largest absolute Gasteiger partial charge is 0.354 e. The van der Waals surface area contributed by atoms with E-state index in [9.17, 15) is 18.4 Å². The molecular weight excluding hydrogens is 366 g/mol. The summed E-state index contributed by atoms with van der Waals surface area (Å²) in [5.74, 6) is -2.63. The number of aromatic nitrogens is 1. The van der Waals surface area contributed by atoms with Crippen molar-refractivity contribution in [3.05, 3.63) is 78.0 Å². The Morgan fingerprint density at radius 3 is 2.32 bits per heavy atom. The summed E-state index contributed by atoms with van der Waals surface area (Å²) in [7, 11) is 0. The van der Waals surface area contributed by atoms with Crippen LogP contribution in [-0.2, 0) is 4.79 Å². The first-order chi connectivity index (χ1) is 13.4. The average molecular weight is 382 g/mol. The van der Waals surface area contributed by atoms with Crippen LogP contribution in [0.3, 0.4) is 0 Å². The van der Waals surface area contributed by atoms with Gasteiger partial charge in [0.25, 0.3) is 5.91 Å². The van der Waals surface area contributed by atoms with Crippen LogP contribution in [-0.4, -0.2) is 16.8 Å². The molecule has 2 amide bonds. The van der Waals surface area contributed by atoms with E-state index in [4.69, 9.17) is 0 Å². The van der Waals surface area contributed by atoms with Crippen molar-refractivity contribution >= 4 is 34.7 Å². The van der Waals surface area contributed by atoms with Gasteiger partial charge in [-0.05, 0) is 48.5 Å². The van der Waals surface area contributed by atoms with E-state index in [1.807, 2.05) is 6.07 Å². The van der Waals surface area contributed by atoms with Gasteiger partial charge in [-0.2, -0.15) is 0 Å². The van der Waals surface area contributed by atoms with Crippen LogP contribution in [0.5, 0.6) is 0 Å². The Bertz CT molecular complexity index is 1020. The van der Waals surface area contributed by atoms with E-state index >= 15 is 0 Å². The van der Waals surface area contributed by atoms with Gasteiger partial charge in [0, 0.05) is 23.9 Å². The Labute approximate surface area is 159 Å². The molecule has 28 heavy (non-hydrogen) atoms. The first-order valence-corrected chi connectivity index (χ1v) is 8.28. The van der Waals surface area contributed by atoms with Crippen molar-refractivity contribution in [3.63, 3.8) is 0 Å². The van der Waals surface area contributed by atoms with Gasteiger partial charge in [0.2, 0.25) is 5.91 Å². The van der Waals surface area contributed by atoms with Crippen molar-refractivity contribution in [1.29, 1.82) is 0 Å². The summed E-state index contributed by atoms with van der Waals surface area (Å²) in [4.78, 5) is 27.3. The van der Waals surface area contributed by atoms with E-state index in [2.05, 4.69) is 20.9 Å². The lowest BCUT2D eigenvalue weighted by Gasteiger charge is -2.10. The van der Waals surface area contributed by atoms with Gasteiger partial charge >= 0.3 is 0 Å². The molecule has 0 aliphatic heterocycles. The smallest absolute Gasteiger partial charge is 0.256 e. The van der Waals surface area contributed by atoms with Crippen LogP contribution in [0.15, 0.2) is 60.8 Å². The molecule has 0 radical (unpaired) electrons. The minimum absolute atomic E-state index is 0.0160. The summed E-state index contributed by atoms with van der Waals surface area (Å²) in [6.45, 7) is 1.43. The molecule has 1 heterocycles. The summed E-state index contributed by atoms with van der Waals surface area (Å²) < 4.78 is 26.2. The van der Waals surface area contributed by atoms with Gasteiger partial charge < -0.3 is 16.0 Å². The number of nitrogens with zero attached hydrogens (tertiary/aromatic N) is 1. The molecule has 2 aromatic carbocycles. The standard InChI is InChI=1S/C20H16F2N4O2/c1-12(27)24-14-3-2-4-15(10-14)25-16-6-8-19(23-11-16)26-20(28)13-5-7-17(21)18(22)9-13/h2-11,25H,1H3,(H,24,27)(H,23,26,28). The fourth-order valence-electron chi connectivity index (χ4n) is 2.41. The first kappa shape index (κ1) is 19.0. The van der Waals surface area contributed by atoms with Crippen LogP contribution in [0.2, 0.25) is 0 Å². The number of benzene rings is 2. The van der Waals surface area contributed by atoms with Crippen molar-refractivity contribution in [2.75, 3.05) is 16.0 Å². The topological polar surface area (TPSA) is 83.1 Å². The van der Waals surface area contributed by atoms with Crippen LogP contribution >= 0.6 is 0 Å². The molecule has 0 saturated carbocycles. The van der Waals surface area contributed by atoms with E-state index in [0.717, 1.165) is 17.8 Å². The van der Waals surface area contributed by atoms with Crippen molar-refractivity contribution < 1.29 is 18.4 Å². The lowest BCUT2D eigenvalue weighted by Crippen LogP contribution is -2.13. The normalized spacial score (nSPS) is 10.2. The van der Waals surface area contributed by atoms with Gasteiger partial charge in [-0.3, -0.25) is 9.59 Å². The Kier molecular flexibility index (Phi) is 5.59. The summed E-state index contributed by atoms with van der Waals surface area (Å²) >= 11 is 0. The second kappa shape index (κ2) is 8.26. The number of carbonyl (C=O) groups is 2. The molecule has 0 fully saturated rings. The molecule has 0 aliphatic rings. The van der Waals surface area contributed by atoms with Gasteiger partial charge in [0.05, 0.1) is 11.9 Å². The van der Waals surface area contributed by atoms with Gasteiger partial charge in [-0.15, -0.1) is 0 Å². The molecule has 3 N–H and O–H groups in total. The molecule has 0 aliphatic carbocycles. The lowest BCUT2D eigenvalue weighted by atomic mass is 10.2. The van der Waals surface area contributed by atoms with Gasteiger partial charge in [0.1, 0.15) is 5.82 Å². The molecule has 0 spiro atoms. The number of carbonyl (C=O) groups excluding carboxylic acids is 2. The molecule has 8 heteroatoms. The third-order valence-electron chi connectivity index (χ3n) is 3.66. The van der Waals surface area contributed by atoms with Crippen LogP contribution in [0.4, 0.5) is 31.7 Å². The predicted molar refractivity (Wildman–Crippen MR) is 103 cm³/mol. The first-order valence-electron chi connectivity index (χ1n) is 8.28. The van der Waals surface area contributed by atoms with E-state index in [1.54, 1.807) is 30.3 Å². The number of pyridine rings is 1. The second-order valence-corrected chi connectivity index (χ2v) is 5.90. The van der Waals surface area contributed by atoms with Gasteiger partial charge in [-0.1, -0.05) is 6.07 Å². The monoisotopic (exact) mass is 382 g/mol. The number of halogens is 2. The number of amides is 2. The van der Waals surface area contributed by atoms with Crippen LogP contribution < -0.4 is 16.0 Å². The van der Waals surface area contributed by atoms with Gasteiger partial charge in [0.15, 0.2) is 11.6 Å². The van der Waals surface area contributed by atoms with Crippen molar-refractivity contribution in [2.45, 2.75) is 6.92 Å². The number of anilines is 4. The number of rotatable bonds is 5. The van der Waals surface area contributed by atoms with Crippen LogP contribution in [0.25, 0.3) is 0 Å². The number of hydrogen-bond acceptors (Lipinski definition) is 4. The molecule has 0 unspecified atom stereocenters. The predicted octanol–water partition coefficient (Wildman–Crippen LogP) is 4.31. The maximum Gasteiger partial charge on any atom is 0.256 e. The number of hydrogen-bond donors (Lipinski definition) is 3. The third-order valence-corrected chi connectivity index (χ3v) is 3.66. The molecule has 6 nitrogen and oxygen atoms in total. The van der Waals surface area contributed by atoms with Crippen molar-refractivity contribution in [2.24, 2.45) is 0 Å². The fraction of sp³-hybridized carbons (Fsp3) is 0.0500. The zero-order valence-electron chi connectivity index (χ0n) is 14.8. The highest BCUT2D eigenvalue weighted by Gasteiger charge is 2.10. The Balaban J connectivity index is 1.65. The summed E-state index contributed by atoms with van der Waals surface area (Å²) in [5, 5.41) is 8.33. The molecule has 0 bridgehead atoms. The molecule has 0 atom stereocenters. The van der Waals surface area contributed by atoms with E-state index in [0.29, 0.717) is 11.4 Å². The lowest BCUT2D eigenvalue weighted by molar-refractivity contribution is -0.114. The maximum absolute atomic E-state index is 13.2. The zero-order valence-corrected chi connectivity index (χ0v) is 14.8. The highest BCUT2D eigenvalue weighted by atomic mass is 19.2. The Morgan fingerprint density at radius 1 is 0.857 bits per heavy atom. The third kappa shape index (κ3) is 4.88. The minimum atomic E-state index is -1.10. The van der Waals surface area contributed by atoms with E-state index in [-0.39, 0.29) is 17.3 Å². The molecule has 1 aromatic heterocycles. The number of nitrogens with one attached hydrogen (secondary N) is 3. The van der Waals surface area contributed by atoms with Crippen molar-refractivity contribution in [1.82, 2.24) is 4.98 Å². The molecule has 142 valence electrons.